The summed E-state index contributed by atoms with van der Waals surface area (Å²) in [6.07, 6.45) is 1.18. The van der Waals surface area contributed by atoms with Crippen LogP contribution in [0.3, 0.4) is 0 Å². The van der Waals surface area contributed by atoms with E-state index in [9.17, 15) is 10.1 Å². The van der Waals surface area contributed by atoms with Crippen LogP contribution in [0.25, 0.3) is 0 Å². The molecular formula is C18H18Cl2N2O3. The van der Waals surface area contributed by atoms with Crippen molar-refractivity contribution in [1.82, 2.24) is 0 Å². The van der Waals surface area contributed by atoms with E-state index in [-0.39, 0.29) is 23.6 Å². The highest BCUT2D eigenvalue weighted by Crippen LogP contribution is 2.45. The molecule has 1 atom stereocenters. The molecule has 132 valence electrons. The van der Waals surface area contributed by atoms with E-state index in [1.807, 2.05) is 13.0 Å². The second-order valence-corrected chi connectivity index (χ2v) is 6.18. The van der Waals surface area contributed by atoms with Gasteiger partial charge in [-0.1, -0.05) is 36.2 Å². The summed E-state index contributed by atoms with van der Waals surface area (Å²) < 4.78 is 10.8. The maximum atomic E-state index is 12.6. The third kappa shape index (κ3) is 3.76. The number of carbonyl (C=O) groups excluding carboxylic acids is 1. The number of ether oxygens (including phenoxy) is 2. The van der Waals surface area contributed by atoms with Crippen LogP contribution < -0.4 is 5.73 Å². The van der Waals surface area contributed by atoms with Gasteiger partial charge in [0.25, 0.3) is 0 Å². The topological polar surface area (TPSA) is 85.3 Å². The van der Waals surface area contributed by atoms with Gasteiger partial charge in [0.2, 0.25) is 5.88 Å². The zero-order valence-electron chi connectivity index (χ0n) is 13.9. The summed E-state index contributed by atoms with van der Waals surface area (Å²) in [7, 11) is 0. The predicted molar refractivity (Wildman–Crippen MR) is 95.7 cm³/mol. The summed E-state index contributed by atoms with van der Waals surface area (Å²) >= 11 is 12.7. The number of carbonyl (C=O) groups is 1. The number of nitrogens with two attached hydrogens (primary N) is 1. The van der Waals surface area contributed by atoms with Crippen LogP contribution >= 0.6 is 23.2 Å². The zero-order valence-corrected chi connectivity index (χ0v) is 15.4. The molecule has 0 aromatic heterocycles. The van der Waals surface area contributed by atoms with Crippen LogP contribution in [0.15, 0.2) is 41.0 Å². The van der Waals surface area contributed by atoms with Crippen molar-refractivity contribution in [2.24, 2.45) is 5.73 Å². The Morgan fingerprint density at radius 3 is 2.52 bits per heavy atom. The number of allylic oxidation sites excluding steroid dienone is 2. The zero-order chi connectivity index (χ0) is 18.6. The number of nitriles is 1. The minimum Gasteiger partial charge on any atom is -0.463 e. The molecule has 0 spiro atoms. The Labute approximate surface area is 156 Å². The summed E-state index contributed by atoms with van der Waals surface area (Å²) in [6.45, 7) is 3.83. The van der Waals surface area contributed by atoms with Gasteiger partial charge < -0.3 is 15.2 Å². The van der Waals surface area contributed by atoms with Gasteiger partial charge in [-0.3, -0.25) is 0 Å². The average Bonchev–Trinajstić information content (AvgIpc) is 2.55. The van der Waals surface area contributed by atoms with Gasteiger partial charge in [-0.25, -0.2) is 4.79 Å². The predicted octanol–water partition coefficient (Wildman–Crippen LogP) is 4.42. The van der Waals surface area contributed by atoms with Crippen molar-refractivity contribution < 1.29 is 14.3 Å². The second kappa shape index (κ2) is 8.28. The average molecular weight is 381 g/mol. The third-order valence-electron chi connectivity index (χ3n) is 3.76. The minimum absolute atomic E-state index is 0.0556. The number of halogens is 2. The van der Waals surface area contributed by atoms with Gasteiger partial charge in [-0.15, -0.1) is 0 Å². The lowest BCUT2D eigenvalue weighted by Crippen LogP contribution is -2.26. The number of benzene rings is 1. The van der Waals surface area contributed by atoms with E-state index < -0.39 is 11.9 Å². The van der Waals surface area contributed by atoms with E-state index in [0.717, 1.165) is 6.42 Å². The van der Waals surface area contributed by atoms with Crippen LogP contribution in [-0.4, -0.2) is 12.6 Å². The molecule has 0 saturated heterocycles. The first-order valence-corrected chi connectivity index (χ1v) is 8.63. The molecule has 1 unspecified atom stereocenters. The Morgan fingerprint density at radius 1 is 1.36 bits per heavy atom. The van der Waals surface area contributed by atoms with E-state index in [4.69, 9.17) is 38.4 Å². The van der Waals surface area contributed by atoms with E-state index in [1.165, 1.54) is 0 Å². The molecule has 0 fully saturated rings. The highest BCUT2D eigenvalue weighted by atomic mass is 35.5. The first-order valence-electron chi connectivity index (χ1n) is 7.87. The maximum absolute atomic E-state index is 12.6. The van der Waals surface area contributed by atoms with E-state index in [1.54, 1.807) is 25.1 Å². The van der Waals surface area contributed by atoms with Crippen molar-refractivity contribution >= 4 is 29.2 Å². The van der Waals surface area contributed by atoms with Crippen LogP contribution in [0.2, 0.25) is 10.0 Å². The van der Waals surface area contributed by atoms with Crippen molar-refractivity contribution in [3.8, 4) is 6.07 Å². The molecule has 1 aromatic rings. The van der Waals surface area contributed by atoms with Crippen molar-refractivity contribution in [1.29, 1.82) is 5.26 Å². The van der Waals surface area contributed by atoms with Gasteiger partial charge >= 0.3 is 5.97 Å². The molecule has 0 saturated carbocycles. The molecule has 0 aliphatic carbocycles. The molecule has 0 radical (unpaired) electrons. The van der Waals surface area contributed by atoms with Crippen LogP contribution in [0.1, 0.15) is 38.2 Å². The molecule has 0 amide bonds. The number of esters is 1. The van der Waals surface area contributed by atoms with Crippen LogP contribution in [0.5, 0.6) is 0 Å². The monoisotopic (exact) mass is 380 g/mol. The Balaban J connectivity index is 2.76. The lowest BCUT2D eigenvalue weighted by molar-refractivity contribution is -0.139. The second-order valence-electron chi connectivity index (χ2n) is 5.37. The third-order valence-corrected chi connectivity index (χ3v) is 4.42. The molecule has 7 heteroatoms. The number of nitrogens with zero attached hydrogens (tertiary/aromatic N) is 1. The van der Waals surface area contributed by atoms with E-state index in [2.05, 4.69) is 0 Å². The molecule has 5 nitrogen and oxygen atoms in total. The van der Waals surface area contributed by atoms with E-state index >= 15 is 0 Å². The first-order chi connectivity index (χ1) is 12.0. The standard InChI is InChI=1S/C18H18Cl2N2O3/c1-3-6-13-16(18(23)24-4-2)14(10(9-21)17(22)25-13)15-11(19)7-5-8-12(15)20/h5,7-8,14H,3-4,6,22H2,1-2H3. The SMILES string of the molecule is CCCC1=C(C(=O)OCC)C(c2c(Cl)cccc2Cl)C(C#N)=C(N)O1. The number of hydrogen-bond acceptors (Lipinski definition) is 5. The van der Waals surface area contributed by atoms with Crippen LogP contribution in [0, 0.1) is 11.3 Å². The lowest BCUT2D eigenvalue weighted by atomic mass is 9.82. The summed E-state index contributed by atoms with van der Waals surface area (Å²) in [5.41, 5.74) is 6.67. The van der Waals surface area contributed by atoms with Gasteiger partial charge in [-0.05, 0) is 25.5 Å². The number of rotatable bonds is 5. The molecule has 1 aromatic carbocycles. The fraction of sp³-hybridized carbons (Fsp3) is 0.333. The summed E-state index contributed by atoms with van der Waals surface area (Å²) in [5.74, 6) is -1.09. The first kappa shape index (κ1) is 19.2. The summed E-state index contributed by atoms with van der Waals surface area (Å²) in [5, 5.41) is 10.3. The maximum Gasteiger partial charge on any atom is 0.338 e. The van der Waals surface area contributed by atoms with Crippen molar-refractivity contribution in [3.05, 3.63) is 56.6 Å². The Kier molecular flexibility index (Phi) is 6.35. The molecule has 1 aliphatic rings. The number of hydrogen-bond donors (Lipinski definition) is 1. The molecule has 2 rings (SSSR count). The largest absolute Gasteiger partial charge is 0.463 e. The highest BCUT2D eigenvalue weighted by molar-refractivity contribution is 6.36. The molecule has 1 heterocycles. The van der Waals surface area contributed by atoms with Gasteiger partial charge in [0, 0.05) is 22.0 Å². The lowest BCUT2D eigenvalue weighted by Gasteiger charge is -2.29. The summed E-state index contributed by atoms with van der Waals surface area (Å²) in [4.78, 5) is 12.6. The molecular weight excluding hydrogens is 363 g/mol. The van der Waals surface area contributed by atoms with Crippen LogP contribution in [-0.2, 0) is 14.3 Å². The van der Waals surface area contributed by atoms with Crippen molar-refractivity contribution in [2.45, 2.75) is 32.6 Å². The quantitative estimate of drug-likeness (QED) is 0.764. The fourth-order valence-electron chi connectivity index (χ4n) is 2.74. The highest BCUT2D eigenvalue weighted by Gasteiger charge is 2.39. The Morgan fingerprint density at radius 2 is 2.00 bits per heavy atom. The molecule has 2 N–H and O–H groups in total. The van der Waals surface area contributed by atoms with Gasteiger partial charge in [-0.2, -0.15) is 5.26 Å². The summed E-state index contributed by atoms with van der Waals surface area (Å²) in [6, 6.07) is 6.99. The van der Waals surface area contributed by atoms with Gasteiger partial charge in [0.1, 0.15) is 17.4 Å². The van der Waals surface area contributed by atoms with E-state index in [0.29, 0.717) is 27.8 Å². The molecule has 1 aliphatic heterocycles. The van der Waals surface area contributed by atoms with Crippen molar-refractivity contribution in [3.63, 3.8) is 0 Å². The fourth-order valence-corrected chi connectivity index (χ4v) is 3.35. The van der Waals surface area contributed by atoms with Gasteiger partial charge in [0.15, 0.2) is 0 Å². The van der Waals surface area contributed by atoms with Crippen LogP contribution in [0.4, 0.5) is 0 Å². The normalized spacial score (nSPS) is 17.2. The smallest absolute Gasteiger partial charge is 0.338 e. The molecule has 25 heavy (non-hydrogen) atoms. The minimum atomic E-state index is -0.833. The Bertz CT molecular complexity index is 774. The van der Waals surface area contributed by atoms with Gasteiger partial charge in [0.05, 0.1) is 18.1 Å². The molecule has 0 bridgehead atoms. The van der Waals surface area contributed by atoms with Crippen molar-refractivity contribution in [2.75, 3.05) is 6.61 Å². The Hall–Kier alpha value is -2.16.